The van der Waals surface area contributed by atoms with Crippen molar-refractivity contribution in [1.82, 2.24) is 14.9 Å². The Labute approximate surface area is 267 Å². The van der Waals surface area contributed by atoms with Gasteiger partial charge in [0.2, 0.25) is 5.91 Å². The predicted molar refractivity (Wildman–Crippen MR) is 175 cm³/mol. The highest BCUT2D eigenvalue weighted by atomic mass is 35.5. The smallest absolute Gasteiger partial charge is 0.248 e. The molecule has 2 aromatic carbocycles. The van der Waals surface area contributed by atoms with E-state index in [0.717, 1.165) is 12.1 Å². The number of nitrogens with one attached hydrogen (secondary N) is 2. The van der Waals surface area contributed by atoms with Crippen molar-refractivity contribution in [2.75, 3.05) is 44.5 Å². The van der Waals surface area contributed by atoms with Crippen molar-refractivity contribution in [2.24, 2.45) is 0 Å². The van der Waals surface area contributed by atoms with Crippen molar-refractivity contribution in [2.45, 2.75) is 32.5 Å². The number of aryl methyl sites for hydroxylation is 1. The van der Waals surface area contributed by atoms with E-state index in [1.54, 1.807) is 36.5 Å². The molecule has 1 aliphatic heterocycles. The lowest BCUT2D eigenvalue weighted by atomic mass is 10.0. The van der Waals surface area contributed by atoms with E-state index in [1.165, 1.54) is 6.08 Å². The summed E-state index contributed by atoms with van der Waals surface area (Å²) >= 11 is 6.61. The molecule has 1 saturated heterocycles. The number of rotatable bonds is 12. The summed E-state index contributed by atoms with van der Waals surface area (Å²) in [6.07, 6.45) is 6.11. The standard InChI is InChI=1S/C34H35ClN6O4/c1-4-28-26(19-36)34(38-22-10-11-31(27(35)16-22)44-20-23-8-5-6-13-37-23)25-17-30(40-33(42)9-7-14-41(2)3)32(18-29(25)39-28)45-24-12-15-43-21-24/h5-11,13,16-18,24H,4,12,14-15,20-21H2,1-3H3,(H,38,39)(H,40,42)/b9-7+/t24-/m0/s1. The van der Waals surface area contributed by atoms with E-state index in [-0.39, 0.29) is 18.6 Å². The number of aromatic nitrogens is 2. The second-order valence-corrected chi connectivity index (χ2v) is 11.2. The number of anilines is 3. The van der Waals surface area contributed by atoms with Gasteiger partial charge in [0.1, 0.15) is 30.3 Å². The van der Waals surface area contributed by atoms with E-state index in [2.05, 4.69) is 21.7 Å². The first kappa shape index (κ1) is 31.7. The van der Waals surface area contributed by atoms with Gasteiger partial charge >= 0.3 is 0 Å². The molecule has 232 valence electrons. The number of hydrogen-bond acceptors (Lipinski definition) is 9. The minimum Gasteiger partial charge on any atom is -0.486 e. The highest BCUT2D eigenvalue weighted by Crippen LogP contribution is 2.39. The quantitative estimate of drug-likeness (QED) is 0.175. The lowest BCUT2D eigenvalue weighted by Gasteiger charge is -2.20. The summed E-state index contributed by atoms with van der Waals surface area (Å²) in [5.74, 6) is 0.687. The zero-order valence-corrected chi connectivity index (χ0v) is 26.2. The Bertz CT molecular complexity index is 1730. The van der Waals surface area contributed by atoms with E-state index >= 15 is 0 Å². The molecular formula is C34H35ClN6O4. The third-order valence-electron chi connectivity index (χ3n) is 7.09. The molecule has 0 aliphatic carbocycles. The third kappa shape index (κ3) is 8.08. The van der Waals surface area contributed by atoms with Gasteiger partial charge < -0.3 is 29.7 Å². The van der Waals surface area contributed by atoms with Gasteiger partial charge in [0.05, 0.1) is 52.1 Å². The Morgan fingerprint density at radius 2 is 2.09 bits per heavy atom. The normalized spacial score (nSPS) is 14.5. The number of pyridine rings is 2. The molecule has 1 atom stereocenters. The maximum Gasteiger partial charge on any atom is 0.248 e. The fourth-order valence-electron chi connectivity index (χ4n) is 4.85. The number of carbonyl (C=O) groups excluding carboxylic acids is 1. The summed E-state index contributed by atoms with van der Waals surface area (Å²) in [5.41, 5.74) is 4.09. The van der Waals surface area contributed by atoms with Crippen molar-refractivity contribution in [3.63, 3.8) is 0 Å². The topological polar surface area (TPSA) is 122 Å². The maximum atomic E-state index is 12.9. The number of benzene rings is 2. The fourth-order valence-corrected chi connectivity index (χ4v) is 5.08. The lowest BCUT2D eigenvalue weighted by molar-refractivity contribution is -0.111. The SMILES string of the molecule is CCc1nc2cc(O[C@H]3CCOC3)c(NC(=O)/C=C/CN(C)C)cc2c(Nc2ccc(OCc3ccccn3)c(Cl)c2)c1C#N. The van der Waals surface area contributed by atoms with Gasteiger partial charge in [-0.05, 0) is 56.9 Å². The number of nitriles is 1. The van der Waals surface area contributed by atoms with Crippen LogP contribution in [0.2, 0.25) is 5.02 Å². The van der Waals surface area contributed by atoms with E-state index in [1.807, 2.05) is 50.2 Å². The van der Waals surface area contributed by atoms with Crippen LogP contribution in [0.3, 0.4) is 0 Å². The molecule has 5 rings (SSSR count). The Hall–Kier alpha value is -4.69. The molecule has 2 aromatic heterocycles. The number of halogens is 1. The molecule has 1 fully saturated rings. The van der Waals surface area contributed by atoms with E-state index in [0.29, 0.717) is 81.9 Å². The zero-order chi connectivity index (χ0) is 31.8. The summed E-state index contributed by atoms with van der Waals surface area (Å²) in [6.45, 7) is 3.92. The molecule has 2 N–H and O–H groups in total. The van der Waals surface area contributed by atoms with Crippen molar-refractivity contribution >= 4 is 45.5 Å². The largest absolute Gasteiger partial charge is 0.486 e. The van der Waals surface area contributed by atoms with E-state index < -0.39 is 0 Å². The van der Waals surface area contributed by atoms with Crippen LogP contribution in [0.1, 0.15) is 30.3 Å². The number of carbonyl (C=O) groups is 1. The van der Waals surface area contributed by atoms with Gasteiger partial charge in [0, 0.05) is 42.4 Å². The average Bonchev–Trinajstić information content (AvgIpc) is 3.54. The van der Waals surface area contributed by atoms with Crippen LogP contribution in [0.15, 0.2) is 66.9 Å². The summed E-state index contributed by atoms with van der Waals surface area (Å²) in [7, 11) is 3.85. The number of amides is 1. The number of nitrogens with zero attached hydrogens (tertiary/aromatic N) is 4. The predicted octanol–water partition coefficient (Wildman–Crippen LogP) is 6.26. The van der Waals surface area contributed by atoms with Gasteiger partial charge in [-0.15, -0.1) is 0 Å². The van der Waals surface area contributed by atoms with Gasteiger partial charge in [0.25, 0.3) is 0 Å². The van der Waals surface area contributed by atoms with Gasteiger partial charge in [-0.2, -0.15) is 5.26 Å². The van der Waals surface area contributed by atoms with Crippen molar-refractivity contribution in [1.29, 1.82) is 5.26 Å². The van der Waals surface area contributed by atoms with Crippen molar-refractivity contribution in [3.05, 3.63) is 88.9 Å². The molecule has 0 saturated carbocycles. The summed E-state index contributed by atoms with van der Waals surface area (Å²) < 4.78 is 17.7. The fraction of sp³-hybridized carbons (Fsp3) is 0.294. The second-order valence-electron chi connectivity index (χ2n) is 10.8. The average molecular weight is 627 g/mol. The molecule has 11 heteroatoms. The van der Waals surface area contributed by atoms with E-state index in [9.17, 15) is 10.1 Å². The van der Waals surface area contributed by atoms with Crippen LogP contribution in [0.5, 0.6) is 11.5 Å². The van der Waals surface area contributed by atoms with Crippen LogP contribution in [0.4, 0.5) is 17.1 Å². The molecule has 0 unspecified atom stereocenters. The minimum atomic E-state index is -0.301. The van der Waals surface area contributed by atoms with Gasteiger partial charge in [-0.1, -0.05) is 30.7 Å². The molecule has 0 spiro atoms. The summed E-state index contributed by atoms with van der Waals surface area (Å²) in [6, 6.07) is 16.9. The van der Waals surface area contributed by atoms with Crippen LogP contribution in [0.25, 0.3) is 10.9 Å². The monoisotopic (exact) mass is 626 g/mol. The first-order valence-corrected chi connectivity index (χ1v) is 15.1. The highest BCUT2D eigenvalue weighted by Gasteiger charge is 2.22. The maximum absolute atomic E-state index is 12.9. The molecule has 4 aromatic rings. The summed E-state index contributed by atoms with van der Waals surface area (Å²) in [4.78, 5) is 24.0. The van der Waals surface area contributed by atoms with Crippen LogP contribution < -0.4 is 20.1 Å². The number of fused-ring (bicyclic) bond motifs is 1. The van der Waals surface area contributed by atoms with Crippen LogP contribution in [-0.2, 0) is 22.6 Å². The minimum absolute atomic E-state index is 0.149. The van der Waals surface area contributed by atoms with Crippen LogP contribution >= 0.6 is 11.6 Å². The first-order chi connectivity index (χ1) is 21.8. The van der Waals surface area contributed by atoms with Crippen LogP contribution in [-0.4, -0.2) is 60.7 Å². The van der Waals surface area contributed by atoms with Gasteiger partial charge in [0.15, 0.2) is 0 Å². The first-order valence-electron chi connectivity index (χ1n) is 14.7. The molecule has 0 bridgehead atoms. The molecular weight excluding hydrogens is 592 g/mol. The van der Waals surface area contributed by atoms with Gasteiger partial charge in [-0.25, -0.2) is 0 Å². The second kappa shape index (κ2) is 14.9. The lowest BCUT2D eigenvalue weighted by Crippen LogP contribution is -2.18. The summed E-state index contributed by atoms with van der Waals surface area (Å²) in [5, 5.41) is 17.6. The number of likely N-dealkylation sites (N-methyl/N-ethyl adjacent to an activating group) is 1. The highest BCUT2D eigenvalue weighted by molar-refractivity contribution is 6.32. The molecule has 1 aliphatic rings. The Morgan fingerprint density at radius 3 is 2.78 bits per heavy atom. The van der Waals surface area contributed by atoms with Crippen LogP contribution in [0, 0.1) is 11.3 Å². The number of ether oxygens (including phenoxy) is 3. The Balaban J connectivity index is 1.52. The molecule has 3 heterocycles. The third-order valence-corrected chi connectivity index (χ3v) is 7.39. The van der Waals surface area contributed by atoms with Gasteiger partial charge in [-0.3, -0.25) is 14.8 Å². The van der Waals surface area contributed by atoms with Crippen molar-refractivity contribution < 1.29 is 19.0 Å². The van der Waals surface area contributed by atoms with Crippen molar-refractivity contribution in [3.8, 4) is 17.6 Å². The molecule has 1 amide bonds. The molecule has 45 heavy (non-hydrogen) atoms. The molecule has 0 radical (unpaired) electrons. The Kier molecular flexibility index (Phi) is 10.5. The number of hydrogen-bond donors (Lipinski definition) is 2. The zero-order valence-electron chi connectivity index (χ0n) is 25.5. The van der Waals surface area contributed by atoms with E-state index in [4.69, 9.17) is 30.8 Å². The molecule has 10 nitrogen and oxygen atoms in total. The Morgan fingerprint density at radius 1 is 1.22 bits per heavy atom.